The molecular formula is C18H23N3O4. The average Bonchev–Trinajstić information content (AvgIpc) is 3.01. The number of H-pyrrole nitrogens is 1. The molecule has 2 aromatic heterocycles. The Kier molecular flexibility index (Phi) is 5.33. The molecule has 0 unspecified atom stereocenters. The van der Waals surface area contributed by atoms with E-state index in [4.69, 9.17) is 9.15 Å². The first-order valence-electron chi connectivity index (χ1n) is 8.59. The number of nitrogens with zero attached hydrogens (tertiary/aromatic N) is 2. The Balaban J connectivity index is 1.65. The molecule has 3 rings (SSSR count). The molecule has 7 nitrogen and oxygen atoms in total. The van der Waals surface area contributed by atoms with Gasteiger partial charge in [0.15, 0.2) is 0 Å². The van der Waals surface area contributed by atoms with Crippen molar-refractivity contribution in [3.8, 4) is 0 Å². The van der Waals surface area contributed by atoms with Crippen molar-refractivity contribution in [3.05, 3.63) is 51.1 Å². The maximum Gasteiger partial charge on any atom is 0.303 e. The Labute approximate surface area is 146 Å². The third-order valence-corrected chi connectivity index (χ3v) is 4.20. The number of carbonyl (C=O) groups is 1. The third kappa shape index (κ3) is 4.36. The van der Waals surface area contributed by atoms with Crippen molar-refractivity contribution < 1.29 is 13.9 Å². The van der Waals surface area contributed by atoms with E-state index >= 15 is 0 Å². The number of aryl methyl sites for hydroxylation is 1. The summed E-state index contributed by atoms with van der Waals surface area (Å²) in [5, 5.41) is 0. The summed E-state index contributed by atoms with van der Waals surface area (Å²) in [6.07, 6.45) is 2.52. The van der Waals surface area contributed by atoms with Crippen molar-refractivity contribution in [1.82, 2.24) is 14.9 Å². The van der Waals surface area contributed by atoms with E-state index in [1.54, 1.807) is 0 Å². The van der Waals surface area contributed by atoms with Crippen molar-refractivity contribution >= 4 is 5.97 Å². The Hall–Kier alpha value is -2.41. The van der Waals surface area contributed by atoms with Gasteiger partial charge in [-0.05, 0) is 18.6 Å². The highest BCUT2D eigenvalue weighted by molar-refractivity contribution is 5.65. The summed E-state index contributed by atoms with van der Waals surface area (Å²) in [6, 6.07) is 3.68. The van der Waals surface area contributed by atoms with E-state index in [-0.39, 0.29) is 18.1 Å². The van der Waals surface area contributed by atoms with Crippen molar-refractivity contribution in [2.24, 2.45) is 0 Å². The van der Waals surface area contributed by atoms with E-state index in [1.807, 2.05) is 12.1 Å². The maximum atomic E-state index is 12.3. The molecule has 0 fully saturated rings. The zero-order valence-electron chi connectivity index (χ0n) is 14.6. The summed E-state index contributed by atoms with van der Waals surface area (Å²) in [4.78, 5) is 32.8. The quantitative estimate of drug-likeness (QED) is 0.805. The number of fused-ring (bicyclic) bond motifs is 1. The highest BCUT2D eigenvalue weighted by Gasteiger charge is 2.22. The van der Waals surface area contributed by atoms with Gasteiger partial charge in [0.25, 0.3) is 5.56 Å². The molecule has 134 valence electrons. The van der Waals surface area contributed by atoms with Crippen molar-refractivity contribution in [1.29, 1.82) is 0 Å². The normalized spacial score (nSPS) is 14.3. The highest BCUT2D eigenvalue weighted by atomic mass is 16.5. The summed E-state index contributed by atoms with van der Waals surface area (Å²) in [7, 11) is 0. The van der Waals surface area contributed by atoms with E-state index in [0.29, 0.717) is 18.8 Å². The Morgan fingerprint density at radius 3 is 2.96 bits per heavy atom. The predicted molar refractivity (Wildman–Crippen MR) is 90.8 cm³/mol. The zero-order chi connectivity index (χ0) is 17.8. The SMILES string of the molecule is CCCc1nc2c(c(=O)[nH]1)CN(Cc1ccc(COC(C)=O)o1)CC2. The molecule has 25 heavy (non-hydrogen) atoms. The lowest BCUT2D eigenvalue weighted by Crippen LogP contribution is -2.35. The average molecular weight is 345 g/mol. The zero-order valence-corrected chi connectivity index (χ0v) is 14.6. The first-order chi connectivity index (χ1) is 12.0. The molecule has 7 heteroatoms. The predicted octanol–water partition coefficient (Wildman–Crippen LogP) is 1.94. The van der Waals surface area contributed by atoms with Crippen molar-refractivity contribution in [3.63, 3.8) is 0 Å². The van der Waals surface area contributed by atoms with Crippen molar-refractivity contribution in [2.75, 3.05) is 6.54 Å². The van der Waals surface area contributed by atoms with E-state index in [1.165, 1.54) is 6.92 Å². The van der Waals surface area contributed by atoms with Crippen LogP contribution in [0.2, 0.25) is 0 Å². The largest absolute Gasteiger partial charge is 0.461 e. The second kappa shape index (κ2) is 7.65. The van der Waals surface area contributed by atoms with Gasteiger partial charge in [0, 0.05) is 32.9 Å². The molecule has 3 heterocycles. The Morgan fingerprint density at radius 1 is 1.40 bits per heavy atom. The molecule has 0 aromatic carbocycles. The first kappa shape index (κ1) is 17.4. The maximum absolute atomic E-state index is 12.3. The van der Waals surface area contributed by atoms with Gasteiger partial charge in [0.1, 0.15) is 24.0 Å². The fourth-order valence-corrected chi connectivity index (χ4v) is 3.00. The van der Waals surface area contributed by atoms with Gasteiger partial charge in [-0.25, -0.2) is 4.98 Å². The van der Waals surface area contributed by atoms with Gasteiger partial charge < -0.3 is 14.1 Å². The van der Waals surface area contributed by atoms with Crippen LogP contribution < -0.4 is 5.56 Å². The molecule has 0 aliphatic carbocycles. The minimum absolute atomic E-state index is 0.0341. The van der Waals surface area contributed by atoms with Crippen LogP contribution in [0.15, 0.2) is 21.3 Å². The van der Waals surface area contributed by atoms with Crippen LogP contribution in [0.4, 0.5) is 0 Å². The summed E-state index contributed by atoms with van der Waals surface area (Å²) in [5.41, 5.74) is 1.63. The summed E-state index contributed by atoms with van der Waals surface area (Å²) in [5.74, 6) is 1.85. The van der Waals surface area contributed by atoms with Crippen LogP contribution in [0.25, 0.3) is 0 Å². The number of rotatable bonds is 6. The minimum Gasteiger partial charge on any atom is -0.461 e. The van der Waals surface area contributed by atoms with Gasteiger partial charge in [-0.3, -0.25) is 14.5 Å². The molecule has 0 atom stereocenters. The van der Waals surface area contributed by atoms with Crippen LogP contribution in [-0.4, -0.2) is 27.4 Å². The van der Waals surface area contributed by atoms with Gasteiger partial charge in [-0.2, -0.15) is 0 Å². The molecule has 0 spiro atoms. The summed E-state index contributed by atoms with van der Waals surface area (Å²) in [6.45, 7) is 5.57. The molecule has 0 saturated carbocycles. The lowest BCUT2D eigenvalue weighted by atomic mass is 10.1. The van der Waals surface area contributed by atoms with Gasteiger partial charge in [0.2, 0.25) is 0 Å². The molecular weight excluding hydrogens is 322 g/mol. The van der Waals surface area contributed by atoms with Gasteiger partial charge in [-0.15, -0.1) is 0 Å². The highest BCUT2D eigenvalue weighted by Crippen LogP contribution is 2.18. The Bertz CT molecular complexity index is 809. The third-order valence-electron chi connectivity index (χ3n) is 4.20. The lowest BCUT2D eigenvalue weighted by Gasteiger charge is -2.26. The Morgan fingerprint density at radius 2 is 2.20 bits per heavy atom. The van der Waals surface area contributed by atoms with Gasteiger partial charge in [0.05, 0.1) is 17.8 Å². The molecule has 0 radical (unpaired) electrons. The van der Waals surface area contributed by atoms with E-state index in [2.05, 4.69) is 21.8 Å². The minimum atomic E-state index is -0.334. The molecule has 2 aromatic rings. The van der Waals surface area contributed by atoms with Crippen LogP contribution >= 0.6 is 0 Å². The number of aromatic nitrogens is 2. The monoisotopic (exact) mass is 345 g/mol. The molecule has 0 bridgehead atoms. The standard InChI is InChI=1S/C18H23N3O4/c1-3-4-17-19-16-7-8-21(10-15(16)18(23)20-17)9-13-5-6-14(25-13)11-24-12(2)22/h5-6H,3-4,7-11H2,1-2H3,(H,19,20,23). The van der Waals surface area contributed by atoms with Gasteiger partial charge >= 0.3 is 5.97 Å². The van der Waals surface area contributed by atoms with Crippen LogP contribution in [0.3, 0.4) is 0 Å². The fourth-order valence-electron chi connectivity index (χ4n) is 3.00. The van der Waals surface area contributed by atoms with E-state index < -0.39 is 0 Å². The van der Waals surface area contributed by atoms with Crippen LogP contribution in [-0.2, 0) is 42.1 Å². The number of hydrogen-bond donors (Lipinski definition) is 1. The topological polar surface area (TPSA) is 88.4 Å². The summed E-state index contributed by atoms with van der Waals surface area (Å²) >= 11 is 0. The van der Waals surface area contributed by atoms with Crippen LogP contribution in [0, 0.1) is 0 Å². The molecule has 0 amide bonds. The smallest absolute Gasteiger partial charge is 0.303 e. The van der Waals surface area contributed by atoms with Crippen LogP contribution in [0.1, 0.15) is 48.9 Å². The lowest BCUT2D eigenvalue weighted by molar-refractivity contribution is -0.142. The number of esters is 1. The van der Waals surface area contributed by atoms with Crippen molar-refractivity contribution in [2.45, 2.75) is 52.8 Å². The molecule has 0 saturated heterocycles. The number of aromatic amines is 1. The molecule has 1 aliphatic rings. The molecule has 1 N–H and O–H groups in total. The number of carbonyl (C=O) groups excluding carboxylic acids is 1. The second-order valence-electron chi connectivity index (χ2n) is 6.30. The molecule has 1 aliphatic heterocycles. The van der Waals surface area contributed by atoms with E-state index in [9.17, 15) is 9.59 Å². The number of hydrogen-bond acceptors (Lipinski definition) is 6. The van der Waals surface area contributed by atoms with E-state index in [0.717, 1.165) is 48.6 Å². The van der Waals surface area contributed by atoms with Gasteiger partial charge in [-0.1, -0.05) is 6.92 Å². The fraction of sp³-hybridized carbons (Fsp3) is 0.500. The second-order valence-corrected chi connectivity index (χ2v) is 6.30. The van der Waals surface area contributed by atoms with Crippen LogP contribution in [0.5, 0.6) is 0 Å². The number of furan rings is 1. The summed E-state index contributed by atoms with van der Waals surface area (Å²) < 4.78 is 10.6. The first-order valence-corrected chi connectivity index (χ1v) is 8.59. The number of ether oxygens (including phenoxy) is 1. The number of nitrogens with one attached hydrogen (secondary N) is 1.